The number of nitrogens with zero attached hydrogens (tertiary/aromatic N) is 1. The van der Waals surface area contributed by atoms with Gasteiger partial charge in [0.1, 0.15) is 0 Å². The molecule has 0 saturated carbocycles. The third-order valence-corrected chi connectivity index (χ3v) is 3.21. The summed E-state index contributed by atoms with van der Waals surface area (Å²) in [6.45, 7) is 2.03. The van der Waals surface area contributed by atoms with Crippen molar-refractivity contribution in [2.45, 2.75) is 19.1 Å². The Bertz CT molecular complexity index is 439. The fourth-order valence-corrected chi connectivity index (χ4v) is 2.27. The molecule has 2 atom stereocenters. The molecule has 1 fully saturated rings. The highest BCUT2D eigenvalue weighted by Gasteiger charge is 2.45. The molecule has 1 aliphatic heterocycles. The molecule has 1 aliphatic rings. The third-order valence-electron chi connectivity index (χ3n) is 3.21. The zero-order valence-electron chi connectivity index (χ0n) is 10.4. The molecule has 1 aromatic rings. The van der Waals surface area contributed by atoms with Gasteiger partial charge in [-0.25, -0.2) is 0 Å². The fraction of sp³-hybridized carbons (Fsp3) is 0.357. The maximum atomic E-state index is 11.5. The molecule has 0 spiro atoms. The maximum Gasteiger partial charge on any atom is 0.254 e. The largest absolute Gasteiger partial charge is 0.369 e. The minimum absolute atomic E-state index is 0.0540. The highest BCUT2D eigenvalue weighted by Crippen LogP contribution is 2.27. The van der Waals surface area contributed by atoms with Crippen LogP contribution in [-0.4, -0.2) is 37.1 Å². The lowest BCUT2D eigenvalue weighted by Crippen LogP contribution is -2.63. The van der Waals surface area contributed by atoms with Crippen LogP contribution in [0.5, 0.6) is 0 Å². The molecule has 0 N–H and O–H groups in total. The van der Waals surface area contributed by atoms with Gasteiger partial charge in [0.2, 0.25) is 0 Å². The van der Waals surface area contributed by atoms with Gasteiger partial charge in [-0.2, -0.15) is 0 Å². The normalized spacial score (nSPS) is 24.8. The number of amides is 1. The standard InChI is InChI=1S/C14H17NO2/c1-10(9-11-7-5-4-6-8-11)12-13(17-3)14(16)15(12)2/h4-9,12-13H,1-3H3/b10-9+/t12-,13+/m0/s1. The van der Waals surface area contributed by atoms with Gasteiger partial charge < -0.3 is 9.64 Å². The van der Waals surface area contributed by atoms with Crippen LogP contribution in [-0.2, 0) is 9.53 Å². The SMILES string of the molecule is CO[C@H]1C(=O)N(C)[C@H]1/C(C)=C/c1ccccc1. The zero-order valence-corrected chi connectivity index (χ0v) is 10.4. The van der Waals surface area contributed by atoms with Crippen LogP contribution in [0.25, 0.3) is 6.08 Å². The van der Waals surface area contributed by atoms with E-state index in [-0.39, 0.29) is 18.1 Å². The van der Waals surface area contributed by atoms with Gasteiger partial charge in [-0.05, 0) is 18.1 Å². The van der Waals surface area contributed by atoms with E-state index >= 15 is 0 Å². The number of benzene rings is 1. The number of methoxy groups -OCH3 is 1. The molecule has 3 nitrogen and oxygen atoms in total. The quantitative estimate of drug-likeness (QED) is 0.744. The van der Waals surface area contributed by atoms with Crippen LogP contribution in [0, 0.1) is 0 Å². The van der Waals surface area contributed by atoms with Crippen molar-refractivity contribution in [2.24, 2.45) is 0 Å². The van der Waals surface area contributed by atoms with E-state index in [9.17, 15) is 4.79 Å². The Morgan fingerprint density at radius 3 is 2.59 bits per heavy atom. The van der Waals surface area contributed by atoms with Crippen LogP contribution in [0.15, 0.2) is 35.9 Å². The molecule has 0 bridgehead atoms. The van der Waals surface area contributed by atoms with Crippen LogP contribution >= 0.6 is 0 Å². The summed E-state index contributed by atoms with van der Waals surface area (Å²) in [4.78, 5) is 13.3. The van der Waals surface area contributed by atoms with E-state index in [0.29, 0.717) is 0 Å². The molecule has 0 unspecified atom stereocenters. The molecule has 0 radical (unpaired) electrons. The lowest BCUT2D eigenvalue weighted by atomic mass is 9.91. The summed E-state index contributed by atoms with van der Waals surface area (Å²) in [5.41, 5.74) is 2.29. The van der Waals surface area contributed by atoms with E-state index in [2.05, 4.69) is 6.08 Å². The van der Waals surface area contributed by atoms with E-state index in [1.54, 1.807) is 12.0 Å². The van der Waals surface area contributed by atoms with Crippen molar-refractivity contribution in [1.82, 2.24) is 4.90 Å². The first-order valence-corrected chi connectivity index (χ1v) is 5.68. The van der Waals surface area contributed by atoms with Crippen molar-refractivity contribution < 1.29 is 9.53 Å². The number of likely N-dealkylation sites (N-methyl/N-ethyl adjacent to an activating group) is 1. The minimum Gasteiger partial charge on any atom is -0.369 e. The number of hydrogen-bond acceptors (Lipinski definition) is 2. The number of β-lactam (4-membered cyclic amide) rings is 1. The van der Waals surface area contributed by atoms with Gasteiger partial charge in [0.25, 0.3) is 5.91 Å². The highest BCUT2D eigenvalue weighted by molar-refractivity contribution is 5.90. The summed E-state index contributed by atoms with van der Waals surface area (Å²) >= 11 is 0. The van der Waals surface area contributed by atoms with E-state index in [0.717, 1.165) is 11.1 Å². The predicted octanol–water partition coefficient (Wildman–Crippen LogP) is 1.95. The van der Waals surface area contributed by atoms with Crippen molar-refractivity contribution >= 4 is 12.0 Å². The molecule has 0 aliphatic carbocycles. The summed E-state index contributed by atoms with van der Waals surface area (Å²) < 4.78 is 5.21. The second-order valence-electron chi connectivity index (χ2n) is 4.35. The van der Waals surface area contributed by atoms with Crippen LogP contribution < -0.4 is 0 Å². The van der Waals surface area contributed by atoms with Crippen molar-refractivity contribution in [1.29, 1.82) is 0 Å². The van der Waals surface area contributed by atoms with Crippen molar-refractivity contribution in [2.75, 3.05) is 14.2 Å². The maximum absolute atomic E-state index is 11.5. The first kappa shape index (κ1) is 11.9. The number of rotatable bonds is 3. The third kappa shape index (κ3) is 2.11. The molecule has 0 aromatic heterocycles. The second kappa shape index (κ2) is 4.72. The summed E-state index contributed by atoms with van der Waals surface area (Å²) in [7, 11) is 3.39. The number of ether oxygens (including phenoxy) is 1. The Kier molecular flexibility index (Phi) is 3.29. The molecule has 1 aromatic carbocycles. The zero-order chi connectivity index (χ0) is 12.4. The van der Waals surface area contributed by atoms with Gasteiger partial charge in [-0.1, -0.05) is 36.4 Å². The molecule has 2 rings (SSSR count). The second-order valence-corrected chi connectivity index (χ2v) is 4.35. The number of carbonyl (C=O) groups is 1. The summed E-state index contributed by atoms with van der Waals surface area (Å²) in [5, 5.41) is 0. The van der Waals surface area contributed by atoms with Crippen molar-refractivity contribution in [3.63, 3.8) is 0 Å². The Morgan fingerprint density at radius 1 is 1.35 bits per heavy atom. The van der Waals surface area contributed by atoms with Gasteiger partial charge in [0, 0.05) is 14.2 Å². The number of carbonyl (C=O) groups excluding carboxylic acids is 1. The average molecular weight is 231 g/mol. The predicted molar refractivity (Wildman–Crippen MR) is 67.4 cm³/mol. The van der Waals surface area contributed by atoms with Gasteiger partial charge in [0.05, 0.1) is 6.04 Å². The molecular formula is C14H17NO2. The number of hydrogen-bond donors (Lipinski definition) is 0. The first-order valence-electron chi connectivity index (χ1n) is 5.68. The number of likely N-dealkylation sites (tertiary alicyclic amines) is 1. The molecular weight excluding hydrogens is 214 g/mol. The van der Waals surface area contributed by atoms with Crippen LogP contribution in [0.3, 0.4) is 0 Å². The smallest absolute Gasteiger partial charge is 0.254 e. The molecule has 17 heavy (non-hydrogen) atoms. The molecule has 1 heterocycles. The van der Waals surface area contributed by atoms with Gasteiger partial charge in [-0.15, -0.1) is 0 Å². The van der Waals surface area contributed by atoms with Gasteiger partial charge >= 0.3 is 0 Å². The first-order chi connectivity index (χ1) is 8.15. The van der Waals surface area contributed by atoms with E-state index < -0.39 is 0 Å². The van der Waals surface area contributed by atoms with E-state index in [1.165, 1.54) is 0 Å². The minimum atomic E-state index is -0.319. The van der Waals surface area contributed by atoms with Crippen molar-refractivity contribution in [3.8, 4) is 0 Å². The fourth-order valence-electron chi connectivity index (χ4n) is 2.27. The van der Waals surface area contributed by atoms with Gasteiger partial charge in [0.15, 0.2) is 6.10 Å². The monoisotopic (exact) mass is 231 g/mol. The molecule has 1 amide bonds. The Balaban J connectivity index is 2.18. The topological polar surface area (TPSA) is 29.5 Å². The Morgan fingerprint density at radius 2 is 2.00 bits per heavy atom. The Labute approximate surface area is 102 Å². The van der Waals surface area contributed by atoms with E-state index in [1.807, 2.05) is 44.3 Å². The lowest BCUT2D eigenvalue weighted by molar-refractivity contribution is -0.163. The van der Waals surface area contributed by atoms with Crippen molar-refractivity contribution in [3.05, 3.63) is 41.5 Å². The average Bonchev–Trinajstić information content (AvgIpc) is 2.35. The summed E-state index contributed by atoms with van der Waals surface area (Å²) in [6.07, 6.45) is 1.78. The molecule has 90 valence electrons. The van der Waals surface area contributed by atoms with E-state index in [4.69, 9.17) is 4.74 Å². The Hall–Kier alpha value is -1.61. The molecule has 1 saturated heterocycles. The lowest BCUT2D eigenvalue weighted by Gasteiger charge is -2.44. The van der Waals surface area contributed by atoms with Gasteiger partial charge in [-0.3, -0.25) is 4.79 Å². The summed E-state index contributed by atoms with van der Waals surface area (Å²) in [6, 6.07) is 10.2. The van der Waals surface area contributed by atoms with Crippen LogP contribution in [0.1, 0.15) is 12.5 Å². The van der Waals surface area contributed by atoms with Crippen LogP contribution in [0.4, 0.5) is 0 Å². The highest BCUT2D eigenvalue weighted by atomic mass is 16.5. The molecule has 3 heteroatoms. The summed E-state index contributed by atoms with van der Waals surface area (Å²) in [5.74, 6) is 0.0540. The van der Waals surface area contributed by atoms with Crippen LogP contribution in [0.2, 0.25) is 0 Å².